The number of benzene rings is 3. The number of halogens is 7. The number of rotatable bonds is 3. The van der Waals surface area contributed by atoms with Crippen LogP contribution in [-0.2, 0) is 9.59 Å². The lowest BCUT2D eigenvalue weighted by atomic mass is 10.1. The lowest BCUT2D eigenvalue weighted by Gasteiger charge is -2.12. The van der Waals surface area contributed by atoms with Gasteiger partial charge in [0.15, 0.2) is 5.82 Å². The summed E-state index contributed by atoms with van der Waals surface area (Å²) in [6, 6.07) is 19.8. The molecule has 0 bridgehead atoms. The summed E-state index contributed by atoms with van der Waals surface area (Å²) < 4.78 is 63.5. The Balaban J connectivity index is 0.000000289. The van der Waals surface area contributed by atoms with E-state index in [4.69, 9.17) is 41.4 Å². The largest absolute Gasteiger partial charge is 0.490 e. The average Bonchev–Trinajstić information content (AvgIpc) is 3.36. The molecule has 0 aliphatic heterocycles. The standard InChI is InChI=1S/C22H16ClN5.2C2HF3O2/c1-13-6-8-17-20(10-13)26-21(16-4-2-3-5-18(16)23)27-22(17)25-15-7-9-19-14(11-15)12-24-28-19;2*3-2(4,5)1(6)7/h2-12H,1H3,(H,24,28)(H,25,26,27);2*(H,6,7). The van der Waals surface area contributed by atoms with Gasteiger partial charge in [0.05, 0.1) is 22.3 Å². The molecule has 0 amide bonds. The fraction of sp³-hybridized carbons (Fsp3) is 0.115. The van der Waals surface area contributed by atoms with Crippen LogP contribution in [0.1, 0.15) is 5.56 Å². The second-order valence-corrected chi connectivity index (χ2v) is 8.71. The summed E-state index contributed by atoms with van der Waals surface area (Å²) in [6.07, 6.45) is -8.36. The lowest BCUT2D eigenvalue weighted by molar-refractivity contribution is -0.193. The number of alkyl halides is 6. The quantitative estimate of drug-likeness (QED) is 0.157. The van der Waals surface area contributed by atoms with E-state index in [0.29, 0.717) is 10.8 Å². The topological polar surface area (TPSA) is 141 Å². The van der Waals surface area contributed by atoms with E-state index >= 15 is 0 Å². The molecule has 0 saturated carbocycles. The number of aromatic nitrogens is 4. The number of carboxylic acid groups (broad SMARTS) is 2. The van der Waals surface area contributed by atoms with Gasteiger partial charge in [-0.05, 0) is 55.0 Å². The normalized spacial score (nSPS) is 11.2. The van der Waals surface area contributed by atoms with Gasteiger partial charge in [0.1, 0.15) is 5.82 Å². The molecule has 0 fully saturated rings. The van der Waals surface area contributed by atoms with Crippen molar-refractivity contribution in [2.45, 2.75) is 19.3 Å². The Labute approximate surface area is 236 Å². The van der Waals surface area contributed by atoms with E-state index in [-0.39, 0.29) is 0 Å². The number of anilines is 2. The van der Waals surface area contributed by atoms with Crippen molar-refractivity contribution in [3.05, 3.63) is 77.4 Å². The number of nitrogens with zero attached hydrogens (tertiary/aromatic N) is 3. The number of carboxylic acids is 2. The molecule has 0 radical (unpaired) electrons. The number of hydrogen-bond acceptors (Lipinski definition) is 6. The van der Waals surface area contributed by atoms with Crippen LogP contribution in [0.25, 0.3) is 33.2 Å². The highest BCUT2D eigenvalue weighted by atomic mass is 35.5. The third kappa shape index (κ3) is 8.30. The van der Waals surface area contributed by atoms with Gasteiger partial charge in [-0.1, -0.05) is 29.8 Å². The maximum absolute atomic E-state index is 10.6. The summed E-state index contributed by atoms with van der Waals surface area (Å²) in [4.78, 5) is 27.3. The van der Waals surface area contributed by atoms with Gasteiger partial charge in [-0.25, -0.2) is 19.6 Å². The fourth-order valence-electron chi connectivity index (χ4n) is 3.26. The molecule has 9 nitrogen and oxygen atoms in total. The molecule has 0 spiro atoms. The maximum atomic E-state index is 10.6. The molecule has 0 saturated heterocycles. The minimum atomic E-state index is -5.08. The Morgan fingerprint density at radius 2 is 1.50 bits per heavy atom. The number of nitrogens with one attached hydrogen (secondary N) is 2. The number of aliphatic carboxylic acids is 2. The molecular formula is C26H18ClF6N5O4. The Kier molecular flexibility index (Phi) is 9.57. The Hall–Kier alpha value is -4.92. The number of aryl methyl sites for hydroxylation is 1. The molecular weight excluding hydrogens is 596 g/mol. The predicted molar refractivity (Wildman–Crippen MR) is 141 cm³/mol. The molecule has 0 atom stereocenters. The SMILES string of the molecule is Cc1ccc2c(Nc3ccc4[nH]ncc4c3)nc(-c3ccccc3Cl)nc2c1.O=C(O)C(F)(F)F.O=C(O)C(F)(F)F. The van der Waals surface area contributed by atoms with Crippen LogP contribution in [-0.4, -0.2) is 54.7 Å². The molecule has 5 rings (SSSR count). The zero-order chi connectivity index (χ0) is 31.2. The molecule has 16 heteroatoms. The first-order valence-corrected chi connectivity index (χ1v) is 11.8. The minimum absolute atomic E-state index is 0.593. The van der Waals surface area contributed by atoms with Gasteiger partial charge in [0.25, 0.3) is 0 Å². The molecule has 2 heterocycles. The van der Waals surface area contributed by atoms with Crippen molar-refractivity contribution < 1.29 is 46.1 Å². The first-order valence-electron chi connectivity index (χ1n) is 11.4. The zero-order valence-electron chi connectivity index (χ0n) is 21.0. The van der Waals surface area contributed by atoms with E-state index in [1.165, 1.54) is 0 Å². The van der Waals surface area contributed by atoms with Gasteiger partial charge < -0.3 is 15.5 Å². The van der Waals surface area contributed by atoms with E-state index < -0.39 is 24.3 Å². The van der Waals surface area contributed by atoms with Gasteiger partial charge in [0, 0.05) is 22.0 Å². The predicted octanol–water partition coefficient (Wildman–Crippen LogP) is 7.15. The number of hydrogen-bond donors (Lipinski definition) is 4. The van der Waals surface area contributed by atoms with Crippen LogP contribution in [0.2, 0.25) is 5.02 Å². The van der Waals surface area contributed by atoms with E-state index in [1.807, 2.05) is 48.5 Å². The van der Waals surface area contributed by atoms with Crippen molar-refractivity contribution in [1.29, 1.82) is 0 Å². The van der Waals surface area contributed by atoms with Crippen molar-refractivity contribution in [3.63, 3.8) is 0 Å². The average molecular weight is 614 g/mol. The molecule has 2 aromatic heterocycles. The maximum Gasteiger partial charge on any atom is 0.490 e. The third-order valence-electron chi connectivity index (χ3n) is 5.16. The highest BCUT2D eigenvalue weighted by molar-refractivity contribution is 6.33. The number of H-pyrrole nitrogens is 1. The summed E-state index contributed by atoms with van der Waals surface area (Å²) in [5, 5.41) is 27.3. The van der Waals surface area contributed by atoms with Gasteiger partial charge >= 0.3 is 24.3 Å². The molecule has 0 aliphatic carbocycles. The highest BCUT2D eigenvalue weighted by Gasteiger charge is 2.38. The molecule has 0 aliphatic rings. The monoisotopic (exact) mass is 613 g/mol. The summed E-state index contributed by atoms with van der Waals surface area (Å²) in [6.45, 7) is 2.05. The first kappa shape index (κ1) is 31.6. The second kappa shape index (κ2) is 12.7. The molecule has 0 unspecified atom stereocenters. The molecule has 3 aromatic carbocycles. The van der Waals surface area contributed by atoms with Gasteiger partial charge in [-0.15, -0.1) is 0 Å². The van der Waals surface area contributed by atoms with Gasteiger partial charge in [-0.3, -0.25) is 5.10 Å². The Bertz CT molecular complexity index is 1720. The van der Waals surface area contributed by atoms with Gasteiger partial charge in [0.2, 0.25) is 0 Å². The Morgan fingerprint density at radius 1 is 0.881 bits per heavy atom. The second-order valence-electron chi connectivity index (χ2n) is 8.30. The fourth-order valence-corrected chi connectivity index (χ4v) is 3.48. The van der Waals surface area contributed by atoms with Crippen molar-refractivity contribution in [2.24, 2.45) is 0 Å². The van der Waals surface area contributed by atoms with Crippen LogP contribution in [0, 0.1) is 6.92 Å². The van der Waals surface area contributed by atoms with Crippen LogP contribution < -0.4 is 5.32 Å². The number of aromatic amines is 1. The van der Waals surface area contributed by atoms with E-state index in [1.54, 1.807) is 6.20 Å². The Morgan fingerprint density at radius 3 is 2.10 bits per heavy atom. The number of fused-ring (bicyclic) bond motifs is 2. The van der Waals surface area contributed by atoms with Crippen molar-refractivity contribution >= 4 is 56.9 Å². The molecule has 42 heavy (non-hydrogen) atoms. The number of carbonyl (C=O) groups is 2. The van der Waals surface area contributed by atoms with E-state index in [9.17, 15) is 26.3 Å². The van der Waals surface area contributed by atoms with Gasteiger partial charge in [-0.2, -0.15) is 31.4 Å². The van der Waals surface area contributed by atoms with Crippen LogP contribution in [0.15, 0.2) is 66.9 Å². The molecule has 4 N–H and O–H groups in total. The van der Waals surface area contributed by atoms with Crippen LogP contribution in [0.5, 0.6) is 0 Å². The minimum Gasteiger partial charge on any atom is -0.475 e. The summed E-state index contributed by atoms with van der Waals surface area (Å²) in [5.74, 6) is -4.18. The van der Waals surface area contributed by atoms with E-state index in [0.717, 1.165) is 44.4 Å². The first-order chi connectivity index (χ1) is 19.6. The summed E-state index contributed by atoms with van der Waals surface area (Å²) >= 11 is 6.40. The van der Waals surface area contributed by atoms with Crippen molar-refractivity contribution in [2.75, 3.05) is 5.32 Å². The zero-order valence-corrected chi connectivity index (χ0v) is 21.8. The highest BCUT2D eigenvalue weighted by Crippen LogP contribution is 2.31. The smallest absolute Gasteiger partial charge is 0.475 e. The van der Waals surface area contributed by atoms with Crippen LogP contribution in [0.4, 0.5) is 37.8 Å². The van der Waals surface area contributed by atoms with Crippen molar-refractivity contribution in [1.82, 2.24) is 20.2 Å². The van der Waals surface area contributed by atoms with Crippen LogP contribution >= 0.6 is 11.6 Å². The molecule has 5 aromatic rings. The third-order valence-corrected chi connectivity index (χ3v) is 5.48. The van der Waals surface area contributed by atoms with Crippen LogP contribution in [0.3, 0.4) is 0 Å². The molecule has 220 valence electrons. The summed E-state index contributed by atoms with van der Waals surface area (Å²) in [7, 11) is 0. The lowest BCUT2D eigenvalue weighted by Crippen LogP contribution is -2.21. The van der Waals surface area contributed by atoms with E-state index in [2.05, 4.69) is 34.6 Å². The van der Waals surface area contributed by atoms with Crippen molar-refractivity contribution in [3.8, 4) is 11.4 Å². The summed E-state index contributed by atoms with van der Waals surface area (Å²) in [5.41, 5.74) is 4.74.